The summed E-state index contributed by atoms with van der Waals surface area (Å²) in [4.78, 5) is 2.71. The van der Waals surface area contributed by atoms with E-state index in [4.69, 9.17) is 0 Å². The van der Waals surface area contributed by atoms with Crippen molar-refractivity contribution < 1.29 is 0 Å². The molecule has 0 aromatic carbocycles. The molecule has 0 spiro atoms. The highest BCUT2D eigenvalue weighted by Gasteiger charge is 2.36. The summed E-state index contributed by atoms with van der Waals surface area (Å²) in [6.07, 6.45) is 2.73. The van der Waals surface area contributed by atoms with Crippen LogP contribution in [0.15, 0.2) is 0 Å². The van der Waals surface area contributed by atoms with Crippen LogP contribution in [0.3, 0.4) is 0 Å². The van der Waals surface area contributed by atoms with Gasteiger partial charge in [-0.25, -0.2) is 0 Å². The lowest BCUT2D eigenvalue weighted by Gasteiger charge is -2.44. The Hall–Kier alpha value is -0.0800. The van der Waals surface area contributed by atoms with Crippen molar-refractivity contribution in [1.82, 2.24) is 10.2 Å². The summed E-state index contributed by atoms with van der Waals surface area (Å²) >= 11 is 0. The Balaban J connectivity index is 1.94. The molecule has 0 bridgehead atoms. The molecule has 2 atom stereocenters. The number of rotatable bonds is 2. The maximum Gasteiger partial charge on any atom is 0.00483 e. The molecule has 2 heteroatoms. The van der Waals surface area contributed by atoms with E-state index < -0.39 is 0 Å². The summed E-state index contributed by atoms with van der Waals surface area (Å²) in [6.45, 7) is 16.0. The van der Waals surface area contributed by atoms with Gasteiger partial charge in [0.05, 0.1) is 0 Å². The highest BCUT2D eigenvalue weighted by molar-refractivity contribution is 4.90. The molecule has 16 heavy (non-hydrogen) atoms. The van der Waals surface area contributed by atoms with Gasteiger partial charge in [-0.2, -0.15) is 0 Å². The SMILES string of the molecule is CC1CN(CC2(C)CCNC2)CC(C)(C)C1. The summed E-state index contributed by atoms with van der Waals surface area (Å²) in [7, 11) is 0. The zero-order valence-corrected chi connectivity index (χ0v) is 11.5. The van der Waals surface area contributed by atoms with E-state index in [1.165, 1.54) is 45.6 Å². The van der Waals surface area contributed by atoms with Crippen LogP contribution in [-0.2, 0) is 0 Å². The topological polar surface area (TPSA) is 15.3 Å². The van der Waals surface area contributed by atoms with E-state index >= 15 is 0 Å². The quantitative estimate of drug-likeness (QED) is 0.774. The molecule has 2 aliphatic heterocycles. The van der Waals surface area contributed by atoms with E-state index in [0.717, 1.165) is 5.92 Å². The van der Waals surface area contributed by atoms with Crippen LogP contribution < -0.4 is 5.32 Å². The van der Waals surface area contributed by atoms with Gasteiger partial charge in [0.1, 0.15) is 0 Å². The highest BCUT2D eigenvalue weighted by atomic mass is 15.2. The highest BCUT2D eigenvalue weighted by Crippen LogP contribution is 2.34. The van der Waals surface area contributed by atoms with Gasteiger partial charge in [0.25, 0.3) is 0 Å². The van der Waals surface area contributed by atoms with Crippen LogP contribution in [0.4, 0.5) is 0 Å². The zero-order valence-electron chi connectivity index (χ0n) is 11.5. The van der Waals surface area contributed by atoms with E-state index in [-0.39, 0.29) is 0 Å². The second-order valence-electron chi connectivity index (χ2n) is 7.38. The number of hydrogen-bond donors (Lipinski definition) is 1. The van der Waals surface area contributed by atoms with Crippen LogP contribution in [0, 0.1) is 16.7 Å². The second kappa shape index (κ2) is 4.30. The molecule has 0 aromatic rings. The first-order valence-corrected chi connectivity index (χ1v) is 6.82. The monoisotopic (exact) mass is 224 g/mol. The summed E-state index contributed by atoms with van der Waals surface area (Å²) in [5, 5.41) is 3.51. The Morgan fingerprint density at radius 3 is 2.62 bits per heavy atom. The van der Waals surface area contributed by atoms with Crippen LogP contribution in [0.2, 0.25) is 0 Å². The van der Waals surface area contributed by atoms with Crippen molar-refractivity contribution in [3.63, 3.8) is 0 Å². The molecule has 2 heterocycles. The maximum atomic E-state index is 3.51. The first kappa shape index (κ1) is 12.4. The van der Waals surface area contributed by atoms with E-state index in [1.54, 1.807) is 0 Å². The average molecular weight is 224 g/mol. The van der Waals surface area contributed by atoms with Gasteiger partial charge in [0, 0.05) is 26.2 Å². The van der Waals surface area contributed by atoms with Gasteiger partial charge < -0.3 is 10.2 Å². The van der Waals surface area contributed by atoms with E-state index in [0.29, 0.717) is 10.8 Å². The molecule has 0 saturated carbocycles. The molecule has 0 aliphatic carbocycles. The van der Waals surface area contributed by atoms with Gasteiger partial charge in [-0.05, 0) is 36.1 Å². The van der Waals surface area contributed by atoms with Crippen LogP contribution in [-0.4, -0.2) is 37.6 Å². The van der Waals surface area contributed by atoms with Crippen molar-refractivity contribution in [1.29, 1.82) is 0 Å². The first-order valence-electron chi connectivity index (χ1n) is 6.82. The van der Waals surface area contributed by atoms with Crippen molar-refractivity contribution in [2.75, 3.05) is 32.7 Å². The minimum Gasteiger partial charge on any atom is -0.316 e. The van der Waals surface area contributed by atoms with Crippen molar-refractivity contribution in [3.05, 3.63) is 0 Å². The molecule has 2 fully saturated rings. The Kier molecular flexibility index (Phi) is 3.33. The fourth-order valence-electron chi connectivity index (χ4n) is 3.85. The van der Waals surface area contributed by atoms with Crippen molar-refractivity contribution >= 4 is 0 Å². The third kappa shape index (κ3) is 2.98. The molecular weight excluding hydrogens is 196 g/mol. The van der Waals surface area contributed by atoms with Gasteiger partial charge in [0.15, 0.2) is 0 Å². The number of nitrogens with zero attached hydrogens (tertiary/aromatic N) is 1. The lowest BCUT2D eigenvalue weighted by Crippen LogP contribution is -2.48. The maximum absolute atomic E-state index is 3.51. The third-order valence-corrected chi connectivity index (χ3v) is 4.18. The molecule has 2 nitrogen and oxygen atoms in total. The molecule has 2 rings (SSSR count). The molecule has 0 radical (unpaired) electrons. The predicted octanol–water partition coefficient (Wildman–Crippen LogP) is 2.35. The van der Waals surface area contributed by atoms with Gasteiger partial charge in [-0.3, -0.25) is 0 Å². The van der Waals surface area contributed by atoms with Crippen molar-refractivity contribution in [3.8, 4) is 0 Å². The summed E-state index contributed by atoms with van der Waals surface area (Å²) in [5.74, 6) is 0.863. The van der Waals surface area contributed by atoms with Crippen molar-refractivity contribution in [2.24, 2.45) is 16.7 Å². The van der Waals surface area contributed by atoms with E-state index in [9.17, 15) is 0 Å². The standard InChI is InChI=1S/C14H28N2/c1-12-7-13(2,3)10-16(8-12)11-14(4)5-6-15-9-14/h12,15H,5-11H2,1-4H3. The van der Waals surface area contributed by atoms with E-state index in [2.05, 4.69) is 37.9 Å². The van der Waals surface area contributed by atoms with Gasteiger partial charge >= 0.3 is 0 Å². The number of likely N-dealkylation sites (tertiary alicyclic amines) is 1. The molecule has 94 valence electrons. The fourth-order valence-corrected chi connectivity index (χ4v) is 3.85. The number of hydrogen-bond acceptors (Lipinski definition) is 2. The van der Waals surface area contributed by atoms with Crippen LogP contribution in [0.5, 0.6) is 0 Å². The third-order valence-electron chi connectivity index (χ3n) is 4.18. The Morgan fingerprint density at radius 1 is 1.31 bits per heavy atom. The van der Waals surface area contributed by atoms with Crippen molar-refractivity contribution in [2.45, 2.75) is 40.5 Å². The fraction of sp³-hybridized carbons (Fsp3) is 1.00. The molecule has 2 saturated heterocycles. The van der Waals surface area contributed by atoms with E-state index in [1.807, 2.05) is 0 Å². The van der Waals surface area contributed by atoms with Gasteiger partial charge in [-0.15, -0.1) is 0 Å². The molecular formula is C14H28N2. The van der Waals surface area contributed by atoms with Crippen LogP contribution >= 0.6 is 0 Å². The molecule has 1 N–H and O–H groups in total. The summed E-state index contributed by atoms with van der Waals surface area (Å²) in [5.41, 5.74) is 1.03. The average Bonchev–Trinajstić information content (AvgIpc) is 2.47. The molecule has 2 unspecified atom stereocenters. The minimum absolute atomic E-state index is 0.514. The molecule has 0 aromatic heterocycles. The zero-order chi connectivity index (χ0) is 11.8. The smallest absolute Gasteiger partial charge is 0.00483 e. The number of nitrogens with one attached hydrogen (secondary N) is 1. The lowest BCUT2D eigenvalue weighted by atomic mass is 9.78. The molecule has 0 amide bonds. The van der Waals surface area contributed by atoms with Crippen LogP contribution in [0.1, 0.15) is 40.5 Å². The second-order valence-corrected chi connectivity index (χ2v) is 7.38. The number of piperidine rings is 1. The first-order chi connectivity index (χ1) is 7.39. The van der Waals surface area contributed by atoms with Gasteiger partial charge in [-0.1, -0.05) is 27.7 Å². The Bertz CT molecular complexity index is 241. The Labute approximate surface area is 101 Å². The van der Waals surface area contributed by atoms with Crippen LogP contribution in [0.25, 0.3) is 0 Å². The normalized spacial score (nSPS) is 40.1. The Morgan fingerprint density at radius 2 is 2.06 bits per heavy atom. The lowest BCUT2D eigenvalue weighted by molar-refractivity contribution is 0.0513. The predicted molar refractivity (Wildman–Crippen MR) is 69.6 cm³/mol. The largest absolute Gasteiger partial charge is 0.316 e. The minimum atomic E-state index is 0.514. The summed E-state index contributed by atoms with van der Waals surface area (Å²) in [6, 6.07) is 0. The summed E-state index contributed by atoms with van der Waals surface area (Å²) < 4.78 is 0. The van der Waals surface area contributed by atoms with Gasteiger partial charge in [0.2, 0.25) is 0 Å². The molecule has 2 aliphatic rings.